The molecular weight excluding hydrogens is 302 g/mol. The van der Waals surface area contributed by atoms with Crippen LogP contribution in [-0.4, -0.2) is 12.2 Å². The van der Waals surface area contributed by atoms with Crippen molar-refractivity contribution in [2.24, 2.45) is 10.9 Å². The van der Waals surface area contributed by atoms with Gasteiger partial charge in [0.05, 0.1) is 17.6 Å². The van der Waals surface area contributed by atoms with Gasteiger partial charge in [0.2, 0.25) is 0 Å². The number of hydrogen-bond donors (Lipinski definition) is 4. The molecule has 0 aliphatic heterocycles. The van der Waals surface area contributed by atoms with Crippen LogP contribution in [0, 0.1) is 0 Å². The Morgan fingerprint density at radius 3 is 2.50 bits per heavy atom. The van der Waals surface area contributed by atoms with Crippen molar-refractivity contribution in [3.63, 3.8) is 0 Å². The van der Waals surface area contributed by atoms with Gasteiger partial charge in [-0.1, -0.05) is 30.3 Å². The summed E-state index contributed by atoms with van der Waals surface area (Å²) < 4.78 is 0. The third-order valence-corrected chi connectivity index (χ3v) is 3.55. The Kier molecular flexibility index (Phi) is 4.29. The van der Waals surface area contributed by atoms with E-state index < -0.39 is 0 Å². The van der Waals surface area contributed by atoms with E-state index in [1.165, 1.54) is 0 Å². The lowest BCUT2D eigenvalue weighted by Crippen LogP contribution is -2.20. The van der Waals surface area contributed by atoms with Gasteiger partial charge in [-0.15, -0.1) is 0 Å². The van der Waals surface area contributed by atoms with E-state index in [2.05, 4.69) is 15.7 Å². The second kappa shape index (κ2) is 6.70. The summed E-state index contributed by atoms with van der Waals surface area (Å²) in [7, 11) is 0. The van der Waals surface area contributed by atoms with Gasteiger partial charge in [0.25, 0.3) is 0 Å². The Balaban J connectivity index is 1.76. The lowest BCUT2D eigenvalue weighted by Gasteiger charge is -2.10. The minimum atomic E-state index is -0.348. The Morgan fingerprint density at radius 2 is 1.71 bits per heavy atom. The van der Waals surface area contributed by atoms with Gasteiger partial charge in [-0.05, 0) is 46.7 Å². The highest BCUT2D eigenvalue weighted by Gasteiger charge is 2.05. The van der Waals surface area contributed by atoms with E-state index in [-0.39, 0.29) is 6.03 Å². The van der Waals surface area contributed by atoms with Gasteiger partial charge in [0.15, 0.2) is 0 Å². The van der Waals surface area contributed by atoms with Gasteiger partial charge in [-0.25, -0.2) is 4.79 Å². The number of nitrogen functional groups attached to an aromatic ring is 1. The number of nitrogens with one attached hydrogen (secondary N) is 2. The summed E-state index contributed by atoms with van der Waals surface area (Å²) in [5, 5.41) is 11.1. The molecule has 0 aliphatic carbocycles. The van der Waals surface area contributed by atoms with Crippen LogP contribution in [0.25, 0.3) is 10.8 Å². The number of anilines is 3. The van der Waals surface area contributed by atoms with Crippen LogP contribution in [0.4, 0.5) is 21.9 Å². The van der Waals surface area contributed by atoms with E-state index in [0.717, 1.165) is 16.3 Å². The molecule has 0 fully saturated rings. The lowest BCUT2D eigenvalue weighted by molar-refractivity contribution is 0.262. The molecule has 0 saturated heterocycles. The predicted molar refractivity (Wildman–Crippen MR) is 99.2 cm³/mol. The molecule has 0 heterocycles. The van der Waals surface area contributed by atoms with Crippen LogP contribution in [0.5, 0.6) is 0 Å². The molecule has 0 atom stereocenters. The van der Waals surface area contributed by atoms with Gasteiger partial charge in [-0.2, -0.15) is 5.10 Å². The highest BCUT2D eigenvalue weighted by atomic mass is 16.2. The number of hydrazone groups is 1. The topological polar surface area (TPSA) is 106 Å². The molecule has 0 aliphatic rings. The van der Waals surface area contributed by atoms with Gasteiger partial charge >= 0.3 is 6.03 Å². The first-order valence-corrected chi connectivity index (χ1v) is 7.35. The number of para-hydroxylation sites is 2. The SMILES string of the molecule is NN=Cc1ccc2cc(NC(=O)Nc3ccccc3N)ccc2c1. The van der Waals surface area contributed by atoms with Crippen LogP contribution >= 0.6 is 0 Å². The highest BCUT2D eigenvalue weighted by Crippen LogP contribution is 2.21. The van der Waals surface area contributed by atoms with Crippen LogP contribution < -0.4 is 22.2 Å². The van der Waals surface area contributed by atoms with Crippen molar-refractivity contribution < 1.29 is 4.79 Å². The van der Waals surface area contributed by atoms with Crippen molar-refractivity contribution in [1.82, 2.24) is 0 Å². The van der Waals surface area contributed by atoms with Crippen molar-refractivity contribution in [2.75, 3.05) is 16.4 Å². The zero-order valence-corrected chi connectivity index (χ0v) is 12.9. The van der Waals surface area contributed by atoms with Crippen molar-refractivity contribution in [3.8, 4) is 0 Å². The van der Waals surface area contributed by atoms with E-state index >= 15 is 0 Å². The van der Waals surface area contributed by atoms with E-state index in [4.69, 9.17) is 11.6 Å². The number of urea groups is 1. The molecule has 0 aromatic heterocycles. The van der Waals surface area contributed by atoms with E-state index in [9.17, 15) is 4.79 Å². The average Bonchev–Trinajstić information content (AvgIpc) is 2.57. The maximum absolute atomic E-state index is 12.1. The van der Waals surface area contributed by atoms with Crippen molar-refractivity contribution in [1.29, 1.82) is 0 Å². The minimum Gasteiger partial charge on any atom is -0.397 e. The number of carbonyl (C=O) groups is 1. The standard InChI is InChI=1S/C18H17N5O/c19-16-3-1-2-4-17(16)23-18(24)22-15-8-7-13-9-12(11-21-20)5-6-14(13)10-15/h1-11H,19-20H2,(H2,22,23,24). The zero-order chi connectivity index (χ0) is 16.9. The first kappa shape index (κ1) is 15.4. The smallest absolute Gasteiger partial charge is 0.323 e. The Labute approximate surface area is 139 Å². The summed E-state index contributed by atoms with van der Waals surface area (Å²) in [5.74, 6) is 5.16. The second-order valence-corrected chi connectivity index (χ2v) is 5.27. The molecule has 0 saturated carbocycles. The molecule has 0 bridgehead atoms. The summed E-state index contributed by atoms with van der Waals surface area (Å²) in [4.78, 5) is 12.1. The maximum atomic E-state index is 12.1. The van der Waals surface area contributed by atoms with E-state index in [1.54, 1.807) is 18.3 Å². The normalized spacial score (nSPS) is 10.8. The average molecular weight is 319 g/mol. The summed E-state index contributed by atoms with van der Waals surface area (Å²) in [6.45, 7) is 0. The number of hydrogen-bond acceptors (Lipinski definition) is 4. The van der Waals surface area contributed by atoms with Crippen molar-refractivity contribution in [3.05, 3.63) is 66.2 Å². The molecule has 3 aromatic carbocycles. The molecule has 2 amide bonds. The molecule has 3 rings (SSSR count). The molecule has 0 spiro atoms. The molecule has 3 aromatic rings. The number of nitrogens with zero attached hydrogens (tertiary/aromatic N) is 1. The van der Waals surface area contributed by atoms with Crippen LogP contribution in [0.15, 0.2) is 65.8 Å². The van der Waals surface area contributed by atoms with E-state index in [0.29, 0.717) is 17.1 Å². The maximum Gasteiger partial charge on any atom is 0.323 e. The Morgan fingerprint density at radius 1 is 0.958 bits per heavy atom. The Hall–Kier alpha value is -3.54. The summed E-state index contributed by atoms with van der Waals surface area (Å²) >= 11 is 0. The van der Waals surface area contributed by atoms with Gasteiger partial charge in [0.1, 0.15) is 0 Å². The largest absolute Gasteiger partial charge is 0.397 e. The first-order chi connectivity index (χ1) is 11.7. The molecule has 0 unspecified atom stereocenters. The number of amides is 2. The zero-order valence-electron chi connectivity index (χ0n) is 12.9. The Bertz CT molecular complexity index is 920. The quantitative estimate of drug-likeness (QED) is 0.257. The monoisotopic (exact) mass is 319 g/mol. The van der Waals surface area contributed by atoms with Crippen LogP contribution in [0.1, 0.15) is 5.56 Å². The molecule has 6 nitrogen and oxygen atoms in total. The fraction of sp³-hybridized carbons (Fsp3) is 0. The van der Waals surface area contributed by atoms with Crippen LogP contribution in [0.3, 0.4) is 0 Å². The second-order valence-electron chi connectivity index (χ2n) is 5.27. The number of nitrogens with two attached hydrogens (primary N) is 2. The number of rotatable bonds is 3. The molecule has 120 valence electrons. The number of carbonyl (C=O) groups excluding carboxylic acids is 1. The molecular formula is C18H17N5O. The van der Waals surface area contributed by atoms with Crippen molar-refractivity contribution in [2.45, 2.75) is 0 Å². The fourth-order valence-corrected chi connectivity index (χ4v) is 2.40. The third kappa shape index (κ3) is 3.44. The molecule has 0 radical (unpaired) electrons. The molecule has 6 heteroatoms. The molecule has 24 heavy (non-hydrogen) atoms. The highest BCUT2D eigenvalue weighted by molar-refractivity contribution is 6.03. The van der Waals surface area contributed by atoms with Crippen molar-refractivity contribution >= 4 is 40.1 Å². The lowest BCUT2D eigenvalue weighted by atomic mass is 10.1. The van der Waals surface area contributed by atoms with Gasteiger partial charge in [-0.3, -0.25) is 0 Å². The number of fused-ring (bicyclic) bond motifs is 1. The number of benzene rings is 3. The van der Waals surface area contributed by atoms with Crippen LogP contribution in [0.2, 0.25) is 0 Å². The summed E-state index contributed by atoms with van der Waals surface area (Å²) in [6.07, 6.45) is 1.59. The van der Waals surface area contributed by atoms with E-state index in [1.807, 2.05) is 48.5 Å². The van der Waals surface area contributed by atoms with Gasteiger partial charge < -0.3 is 22.2 Å². The molecule has 6 N–H and O–H groups in total. The third-order valence-electron chi connectivity index (χ3n) is 3.55. The first-order valence-electron chi connectivity index (χ1n) is 7.35. The predicted octanol–water partition coefficient (Wildman–Crippen LogP) is 3.36. The fourth-order valence-electron chi connectivity index (χ4n) is 2.40. The summed E-state index contributed by atoms with van der Waals surface area (Å²) in [6, 6.07) is 18.2. The van der Waals surface area contributed by atoms with Crippen LogP contribution in [-0.2, 0) is 0 Å². The summed E-state index contributed by atoms with van der Waals surface area (Å²) in [5.41, 5.74) is 8.51. The minimum absolute atomic E-state index is 0.348. The van der Waals surface area contributed by atoms with Gasteiger partial charge in [0, 0.05) is 5.69 Å².